The maximum Gasteiger partial charge on any atom is 0.325 e. The van der Waals surface area contributed by atoms with Crippen LogP contribution in [0.4, 0.5) is 10.5 Å². The summed E-state index contributed by atoms with van der Waals surface area (Å²) >= 11 is 0. The molecule has 26 heavy (non-hydrogen) atoms. The second-order valence-corrected chi connectivity index (χ2v) is 7.68. The van der Waals surface area contributed by atoms with Crippen molar-refractivity contribution < 1.29 is 14.4 Å². The normalized spacial score (nSPS) is 20.1. The fourth-order valence-corrected chi connectivity index (χ4v) is 3.15. The van der Waals surface area contributed by atoms with Crippen LogP contribution in [-0.2, 0) is 9.59 Å². The molecule has 1 aromatic rings. The third-order valence-corrected chi connectivity index (χ3v) is 4.99. The van der Waals surface area contributed by atoms with Gasteiger partial charge in [0.05, 0.1) is 0 Å². The van der Waals surface area contributed by atoms with Gasteiger partial charge < -0.3 is 10.6 Å². The van der Waals surface area contributed by atoms with Crippen molar-refractivity contribution in [3.63, 3.8) is 0 Å². The molecule has 6 heteroatoms. The summed E-state index contributed by atoms with van der Waals surface area (Å²) in [6.45, 7) is 11.5. The van der Waals surface area contributed by atoms with Gasteiger partial charge in [0.25, 0.3) is 5.91 Å². The number of hydrogen-bond acceptors (Lipinski definition) is 3. The van der Waals surface area contributed by atoms with Crippen molar-refractivity contribution in [2.24, 2.45) is 0 Å². The molecule has 6 nitrogen and oxygen atoms in total. The summed E-state index contributed by atoms with van der Waals surface area (Å²) in [5.74, 6) is -0.251. The van der Waals surface area contributed by atoms with Crippen LogP contribution in [0, 0.1) is 0 Å². The first-order valence-corrected chi connectivity index (χ1v) is 9.17. The molecule has 0 bridgehead atoms. The van der Waals surface area contributed by atoms with E-state index in [1.165, 1.54) is 0 Å². The van der Waals surface area contributed by atoms with Gasteiger partial charge in [-0.25, -0.2) is 4.79 Å². The van der Waals surface area contributed by atoms with E-state index in [2.05, 4.69) is 38.3 Å². The lowest BCUT2D eigenvalue weighted by molar-refractivity contribution is -0.133. The molecule has 4 amide bonds. The quantitative estimate of drug-likeness (QED) is 0.762. The second-order valence-electron chi connectivity index (χ2n) is 7.68. The summed E-state index contributed by atoms with van der Waals surface area (Å²) in [6.07, 6.45) is 0.476. The minimum atomic E-state index is -0.934. The zero-order chi connectivity index (χ0) is 19.6. The molecule has 0 radical (unpaired) electrons. The van der Waals surface area contributed by atoms with Crippen LogP contribution in [0.1, 0.15) is 70.9 Å². The Morgan fingerprint density at radius 1 is 1.15 bits per heavy atom. The molecule has 1 aliphatic heterocycles. The molecular weight excluding hydrogens is 330 g/mol. The lowest BCUT2D eigenvalue weighted by Crippen LogP contribution is -2.44. The summed E-state index contributed by atoms with van der Waals surface area (Å²) in [6, 6.07) is 5.46. The molecule has 1 heterocycles. The number of imide groups is 1. The smallest absolute Gasteiger partial charge is 0.324 e. The Kier molecular flexibility index (Phi) is 5.74. The molecule has 0 saturated carbocycles. The lowest BCUT2D eigenvalue weighted by Gasteiger charge is -2.22. The topological polar surface area (TPSA) is 78.5 Å². The van der Waals surface area contributed by atoms with Crippen molar-refractivity contribution in [2.75, 3.05) is 11.9 Å². The number of para-hydroxylation sites is 1. The lowest BCUT2D eigenvalue weighted by atomic mass is 9.92. The number of nitrogens with zero attached hydrogens (tertiary/aromatic N) is 1. The van der Waals surface area contributed by atoms with Crippen LogP contribution in [-0.4, -0.2) is 34.8 Å². The van der Waals surface area contributed by atoms with Gasteiger partial charge in [-0.1, -0.05) is 52.8 Å². The van der Waals surface area contributed by atoms with Crippen molar-refractivity contribution in [1.29, 1.82) is 0 Å². The molecule has 0 aromatic heterocycles. The molecule has 1 saturated heterocycles. The molecule has 0 spiro atoms. The number of nitrogens with one attached hydrogen (secondary N) is 2. The highest BCUT2D eigenvalue weighted by Crippen LogP contribution is 2.32. The van der Waals surface area contributed by atoms with Crippen molar-refractivity contribution in [3.8, 4) is 0 Å². The Bertz CT molecular complexity index is 701. The Morgan fingerprint density at radius 2 is 1.69 bits per heavy atom. The number of carbonyl (C=O) groups is 3. The van der Waals surface area contributed by atoms with E-state index in [-0.39, 0.29) is 30.2 Å². The Morgan fingerprint density at radius 3 is 2.12 bits per heavy atom. The molecular formula is C20H29N3O3. The third-order valence-electron chi connectivity index (χ3n) is 4.99. The number of urea groups is 1. The van der Waals surface area contributed by atoms with E-state index >= 15 is 0 Å². The highest BCUT2D eigenvalue weighted by Gasteiger charge is 2.47. The predicted molar refractivity (Wildman–Crippen MR) is 102 cm³/mol. The highest BCUT2D eigenvalue weighted by atomic mass is 16.2. The van der Waals surface area contributed by atoms with E-state index in [0.717, 1.165) is 21.7 Å². The van der Waals surface area contributed by atoms with Crippen LogP contribution >= 0.6 is 0 Å². The predicted octanol–water partition coefficient (Wildman–Crippen LogP) is 3.59. The van der Waals surface area contributed by atoms with Crippen molar-refractivity contribution >= 4 is 23.5 Å². The molecule has 1 atom stereocenters. The second kappa shape index (κ2) is 7.48. The number of anilines is 1. The average Bonchev–Trinajstić information content (AvgIpc) is 2.78. The molecule has 1 fully saturated rings. The van der Waals surface area contributed by atoms with Gasteiger partial charge in [-0.15, -0.1) is 0 Å². The van der Waals surface area contributed by atoms with E-state index in [1.807, 2.05) is 25.1 Å². The molecule has 0 aliphatic carbocycles. The Hall–Kier alpha value is -2.37. The number of rotatable bonds is 6. The highest BCUT2D eigenvalue weighted by molar-refractivity contribution is 6.10. The van der Waals surface area contributed by atoms with Gasteiger partial charge in [0.15, 0.2) is 0 Å². The Labute approximate surface area is 155 Å². The summed E-state index contributed by atoms with van der Waals surface area (Å²) in [5.41, 5.74) is 1.93. The number of carbonyl (C=O) groups excluding carboxylic acids is 3. The van der Waals surface area contributed by atoms with Crippen LogP contribution in [0.2, 0.25) is 0 Å². The van der Waals surface area contributed by atoms with Gasteiger partial charge in [0, 0.05) is 5.69 Å². The van der Waals surface area contributed by atoms with Crippen LogP contribution in [0.25, 0.3) is 0 Å². The molecule has 1 aliphatic rings. The van der Waals surface area contributed by atoms with Crippen LogP contribution in [0.3, 0.4) is 0 Å². The monoisotopic (exact) mass is 359 g/mol. The van der Waals surface area contributed by atoms with Crippen molar-refractivity contribution in [1.82, 2.24) is 10.2 Å². The minimum Gasteiger partial charge on any atom is -0.324 e. The third kappa shape index (κ3) is 3.74. The largest absolute Gasteiger partial charge is 0.325 e. The van der Waals surface area contributed by atoms with Gasteiger partial charge in [-0.2, -0.15) is 0 Å². The first-order chi connectivity index (χ1) is 12.1. The first kappa shape index (κ1) is 19.9. The van der Waals surface area contributed by atoms with E-state index in [9.17, 15) is 14.4 Å². The summed E-state index contributed by atoms with van der Waals surface area (Å²) < 4.78 is 0. The maximum absolute atomic E-state index is 12.6. The zero-order valence-corrected chi connectivity index (χ0v) is 16.5. The van der Waals surface area contributed by atoms with Crippen LogP contribution in [0.15, 0.2) is 18.2 Å². The fourth-order valence-electron chi connectivity index (χ4n) is 3.15. The van der Waals surface area contributed by atoms with E-state index in [1.54, 1.807) is 6.92 Å². The van der Waals surface area contributed by atoms with Crippen molar-refractivity contribution in [2.45, 2.75) is 65.3 Å². The molecule has 2 N–H and O–H groups in total. The number of amides is 4. The van der Waals surface area contributed by atoms with E-state index < -0.39 is 11.6 Å². The summed E-state index contributed by atoms with van der Waals surface area (Å²) in [7, 11) is 0. The SMILES string of the molecule is CCC1(C)NC(=O)N(CC(=O)Nc2c(C(C)C)cccc2C(C)C)C1=O. The van der Waals surface area contributed by atoms with Gasteiger partial charge in [-0.3, -0.25) is 14.5 Å². The maximum atomic E-state index is 12.6. The van der Waals surface area contributed by atoms with E-state index in [4.69, 9.17) is 0 Å². The Balaban J connectivity index is 2.23. The van der Waals surface area contributed by atoms with Gasteiger partial charge in [0.1, 0.15) is 12.1 Å². The molecule has 1 aromatic carbocycles. The van der Waals surface area contributed by atoms with E-state index in [0.29, 0.717) is 6.42 Å². The fraction of sp³-hybridized carbons (Fsp3) is 0.550. The van der Waals surface area contributed by atoms with Gasteiger partial charge >= 0.3 is 6.03 Å². The van der Waals surface area contributed by atoms with Gasteiger partial charge in [-0.05, 0) is 36.3 Å². The standard InChI is InChI=1S/C20H29N3O3/c1-7-20(6)18(25)23(19(26)22-20)11-16(24)21-17-14(12(2)3)9-8-10-15(17)13(4)5/h8-10,12-13H,7,11H2,1-6H3,(H,21,24)(H,22,26). The number of benzene rings is 1. The average molecular weight is 359 g/mol. The summed E-state index contributed by atoms with van der Waals surface area (Å²) in [5, 5.41) is 5.61. The van der Waals surface area contributed by atoms with Gasteiger partial charge in [0.2, 0.25) is 5.91 Å². The molecule has 1 unspecified atom stereocenters. The van der Waals surface area contributed by atoms with Crippen LogP contribution in [0.5, 0.6) is 0 Å². The van der Waals surface area contributed by atoms with Crippen LogP contribution < -0.4 is 10.6 Å². The molecule has 142 valence electrons. The first-order valence-electron chi connectivity index (χ1n) is 9.17. The number of hydrogen-bond donors (Lipinski definition) is 2. The summed E-state index contributed by atoms with van der Waals surface area (Å²) in [4.78, 5) is 38.2. The zero-order valence-electron chi connectivity index (χ0n) is 16.5. The van der Waals surface area contributed by atoms with Crippen molar-refractivity contribution in [3.05, 3.63) is 29.3 Å². The minimum absolute atomic E-state index is 0.240. The molecule has 2 rings (SSSR count).